The molecule has 10 heteroatoms. The number of methoxy groups -OCH3 is 1. The van der Waals surface area contributed by atoms with Crippen LogP contribution in [0, 0.1) is 17.7 Å². The molecular weight excluding hydrogens is 481 g/mol. The van der Waals surface area contributed by atoms with E-state index in [1.54, 1.807) is 19.2 Å². The van der Waals surface area contributed by atoms with Crippen molar-refractivity contribution in [3.8, 4) is 5.75 Å². The van der Waals surface area contributed by atoms with Gasteiger partial charge in [-0.25, -0.2) is 4.39 Å². The molecule has 0 bridgehead atoms. The fourth-order valence-electron chi connectivity index (χ4n) is 4.48. The maximum Gasteiger partial charge on any atom is 0.243 e. The Hall–Kier alpha value is -2.53. The maximum atomic E-state index is 14.3. The SMILES string of the molecule is C=CC(=O)NCCOCCOCCOCCNC(=O)C[C@@H]1C[C@H](Cc2cc(OC)ccc2F)CN(C)C1. The molecule has 1 heterocycles. The standard InChI is InChI=1S/C27H42FN3O6/c1-4-26(32)29-7-9-35-11-13-37-14-12-36-10-8-30-27(33)17-22-15-21(19-31(2)20-22)16-23-18-24(34-3)5-6-25(23)28/h4-6,18,21-22H,1,7-17,19-20H2,2-3H3,(H,29,32)(H,30,33)/t21-,22+/m1/s1. The van der Waals surface area contributed by atoms with E-state index in [9.17, 15) is 14.0 Å². The van der Waals surface area contributed by atoms with E-state index >= 15 is 0 Å². The zero-order valence-electron chi connectivity index (χ0n) is 22.1. The summed E-state index contributed by atoms with van der Waals surface area (Å²) >= 11 is 0. The minimum absolute atomic E-state index is 0.00731. The van der Waals surface area contributed by atoms with E-state index < -0.39 is 0 Å². The van der Waals surface area contributed by atoms with Gasteiger partial charge in [0.25, 0.3) is 0 Å². The molecular formula is C27H42FN3O6. The predicted octanol–water partition coefficient (Wildman–Crippen LogP) is 1.80. The average molecular weight is 524 g/mol. The van der Waals surface area contributed by atoms with Crippen LogP contribution in [0.4, 0.5) is 4.39 Å². The summed E-state index contributed by atoms with van der Waals surface area (Å²) in [7, 11) is 3.62. The molecule has 2 atom stereocenters. The number of likely N-dealkylation sites (tertiary alicyclic amines) is 1. The van der Waals surface area contributed by atoms with Crippen molar-refractivity contribution in [3.05, 3.63) is 42.2 Å². The Kier molecular flexibility index (Phi) is 14.8. The first-order valence-electron chi connectivity index (χ1n) is 12.8. The Balaban J connectivity index is 1.52. The number of hydrogen-bond donors (Lipinski definition) is 2. The quantitative estimate of drug-likeness (QED) is 0.224. The fourth-order valence-corrected chi connectivity index (χ4v) is 4.48. The molecule has 9 nitrogen and oxygen atoms in total. The van der Waals surface area contributed by atoms with Gasteiger partial charge in [-0.2, -0.15) is 0 Å². The molecule has 0 radical (unpaired) electrons. The Bertz CT molecular complexity index is 840. The van der Waals surface area contributed by atoms with Crippen molar-refractivity contribution < 1.29 is 32.9 Å². The second-order valence-electron chi connectivity index (χ2n) is 9.24. The van der Waals surface area contributed by atoms with Crippen molar-refractivity contribution >= 4 is 11.8 Å². The van der Waals surface area contributed by atoms with Crippen molar-refractivity contribution in [2.45, 2.75) is 19.3 Å². The maximum absolute atomic E-state index is 14.3. The second-order valence-corrected chi connectivity index (χ2v) is 9.24. The molecule has 0 aliphatic carbocycles. The number of ether oxygens (including phenoxy) is 4. The zero-order valence-corrected chi connectivity index (χ0v) is 22.1. The molecule has 2 rings (SSSR count). The van der Waals surface area contributed by atoms with Gasteiger partial charge < -0.3 is 34.5 Å². The average Bonchev–Trinajstić information content (AvgIpc) is 2.87. The molecule has 2 amide bonds. The zero-order chi connectivity index (χ0) is 26.9. The van der Waals surface area contributed by atoms with Crippen LogP contribution in [0.5, 0.6) is 5.75 Å². The summed E-state index contributed by atoms with van der Waals surface area (Å²) in [5, 5.41) is 5.54. The smallest absolute Gasteiger partial charge is 0.243 e. The van der Waals surface area contributed by atoms with Crippen LogP contribution in [0.25, 0.3) is 0 Å². The number of hydrogen-bond acceptors (Lipinski definition) is 7. The highest BCUT2D eigenvalue weighted by atomic mass is 19.1. The first-order valence-corrected chi connectivity index (χ1v) is 12.8. The monoisotopic (exact) mass is 523 g/mol. The third-order valence-electron chi connectivity index (χ3n) is 6.09. The number of nitrogens with one attached hydrogen (secondary N) is 2. The minimum atomic E-state index is -0.221. The minimum Gasteiger partial charge on any atom is -0.497 e. The summed E-state index contributed by atoms with van der Waals surface area (Å²) in [6.45, 7) is 8.56. The number of carbonyl (C=O) groups excluding carboxylic acids is 2. The molecule has 0 spiro atoms. The van der Waals surface area contributed by atoms with E-state index in [2.05, 4.69) is 22.1 Å². The van der Waals surface area contributed by atoms with Crippen molar-refractivity contribution in [1.29, 1.82) is 0 Å². The Labute approximate surface area is 219 Å². The Morgan fingerprint density at radius 3 is 2.30 bits per heavy atom. The number of amides is 2. The number of rotatable bonds is 18. The summed E-state index contributed by atoms with van der Waals surface area (Å²) in [5.41, 5.74) is 0.658. The van der Waals surface area contributed by atoms with Gasteiger partial charge in [0.1, 0.15) is 11.6 Å². The van der Waals surface area contributed by atoms with Gasteiger partial charge in [0, 0.05) is 32.6 Å². The highest BCUT2D eigenvalue weighted by Crippen LogP contribution is 2.28. The lowest BCUT2D eigenvalue weighted by atomic mass is 9.83. The molecule has 1 saturated heterocycles. The Morgan fingerprint density at radius 1 is 1.03 bits per heavy atom. The molecule has 37 heavy (non-hydrogen) atoms. The van der Waals surface area contributed by atoms with E-state index in [1.807, 2.05) is 7.05 Å². The van der Waals surface area contributed by atoms with Gasteiger partial charge in [0.15, 0.2) is 0 Å². The first-order chi connectivity index (χ1) is 17.9. The lowest BCUT2D eigenvalue weighted by Gasteiger charge is -2.35. The molecule has 1 aliphatic rings. The van der Waals surface area contributed by atoms with Gasteiger partial charge in [0.05, 0.1) is 46.8 Å². The highest BCUT2D eigenvalue weighted by Gasteiger charge is 2.27. The van der Waals surface area contributed by atoms with Crippen molar-refractivity contribution in [2.75, 3.05) is 80.0 Å². The summed E-state index contributed by atoms with van der Waals surface area (Å²) in [5.74, 6) is 0.738. The third-order valence-corrected chi connectivity index (χ3v) is 6.09. The molecule has 1 fully saturated rings. The molecule has 208 valence electrons. The van der Waals surface area contributed by atoms with Crippen LogP contribution in [-0.2, 0) is 30.2 Å². The van der Waals surface area contributed by atoms with Crippen LogP contribution in [0.15, 0.2) is 30.9 Å². The molecule has 1 aromatic carbocycles. The number of piperidine rings is 1. The molecule has 0 saturated carbocycles. The number of nitrogens with zero attached hydrogens (tertiary/aromatic N) is 1. The van der Waals surface area contributed by atoms with Gasteiger partial charge >= 0.3 is 0 Å². The van der Waals surface area contributed by atoms with E-state index in [-0.39, 0.29) is 29.5 Å². The fraction of sp³-hybridized carbons (Fsp3) is 0.630. The summed E-state index contributed by atoms with van der Waals surface area (Å²) in [6, 6.07) is 4.84. The van der Waals surface area contributed by atoms with E-state index in [0.29, 0.717) is 76.9 Å². The van der Waals surface area contributed by atoms with Gasteiger partial charge in [0.2, 0.25) is 11.8 Å². The second kappa shape index (κ2) is 17.8. The molecule has 2 N–H and O–H groups in total. The molecule has 0 aromatic heterocycles. The van der Waals surface area contributed by atoms with Crippen LogP contribution >= 0.6 is 0 Å². The summed E-state index contributed by atoms with van der Waals surface area (Å²) < 4.78 is 35.8. The lowest BCUT2D eigenvalue weighted by Crippen LogP contribution is -2.41. The summed E-state index contributed by atoms with van der Waals surface area (Å²) in [6.07, 6.45) is 3.17. The van der Waals surface area contributed by atoms with Crippen LogP contribution in [0.3, 0.4) is 0 Å². The number of benzene rings is 1. The van der Waals surface area contributed by atoms with Gasteiger partial charge in [-0.05, 0) is 61.6 Å². The lowest BCUT2D eigenvalue weighted by molar-refractivity contribution is -0.122. The van der Waals surface area contributed by atoms with Gasteiger partial charge in [-0.3, -0.25) is 9.59 Å². The van der Waals surface area contributed by atoms with Crippen LogP contribution in [0.1, 0.15) is 18.4 Å². The van der Waals surface area contributed by atoms with Crippen LogP contribution < -0.4 is 15.4 Å². The molecule has 1 aliphatic heterocycles. The number of halogens is 1. The number of carbonyl (C=O) groups is 2. The topological polar surface area (TPSA) is 98.4 Å². The molecule has 0 unspecified atom stereocenters. The largest absolute Gasteiger partial charge is 0.497 e. The third kappa shape index (κ3) is 13.0. The van der Waals surface area contributed by atoms with E-state index in [4.69, 9.17) is 18.9 Å². The van der Waals surface area contributed by atoms with Crippen LogP contribution in [-0.4, -0.2) is 96.7 Å². The van der Waals surface area contributed by atoms with Crippen LogP contribution in [0.2, 0.25) is 0 Å². The Morgan fingerprint density at radius 2 is 1.65 bits per heavy atom. The normalized spacial score (nSPS) is 17.8. The molecule has 1 aromatic rings. The summed E-state index contributed by atoms with van der Waals surface area (Å²) in [4.78, 5) is 25.6. The first kappa shape index (κ1) is 30.7. The van der Waals surface area contributed by atoms with E-state index in [0.717, 1.165) is 19.5 Å². The van der Waals surface area contributed by atoms with Crippen molar-refractivity contribution in [1.82, 2.24) is 15.5 Å². The van der Waals surface area contributed by atoms with Gasteiger partial charge in [-0.15, -0.1) is 0 Å². The van der Waals surface area contributed by atoms with E-state index in [1.165, 1.54) is 12.1 Å². The van der Waals surface area contributed by atoms with Crippen molar-refractivity contribution in [2.24, 2.45) is 11.8 Å². The van der Waals surface area contributed by atoms with Gasteiger partial charge in [-0.1, -0.05) is 6.58 Å². The predicted molar refractivity (Wildman–Crippen MR) is 139 cm³/mol. The highest BCUT2D eigenvalue weighted by molar-refractivity contribution is 5.86. The van der Waals surface area contributed by atoms with Crippen molar-refractivity contribution in [3.63, 3.8) is 0 Å².